The molecule has 0 atom stereocenters. The van der Waals surface area contributed by atoms with Crippen molar-refractivity contribution in [2.75, 3.05) is 51.4 Å². The molecular weight excluding hydrogens is 658 g/mol. The van der Waals surface area contributed by atoms with E-state index in [-0.39, 0.29) is 35.5 Å². The van der Waals surface area contributed by atoms with E-state index in [1.54, 1.807) is 37.5 Å². The Labute approximate surface area is 285 Å². The molecule has 262 valence electrons. The lowest BCUT2D eigenvalue weighted by Gasteiger charge is -2.28. The van der Waals surface area contributed by atoms with Crippen LogP contribution in [0.15, 0.2) is 55.1 Å². The van der Waals surface area contributed by atoms with E-state index in [1.165, 1.54) is 13.2 Å². The molecule has 0 radical (unpaired) electrons. The van der Waals surface area contributed by atoms with Crippen LogP contribution in [0.25, 0.3) is 33.4 Å². The van der Waals surface area contributed by atoms with Gasteiger partial charge in [0.15, 0.2) is 5.83 Å². The van der Waals surface area contributed by atoms with Crippen molar-refractivity contribution in [1.29, 1.82) is 0 Å². The molecule has 3 aromatic heterocycles. The number of likely N-dealkylation sites (tertiary alicyclic amines) is 1. The lowest BCUT2D eigenvalue weighted by atomic mass is 10.0. The molecule has 2 amide bonds. The van der Waals surface area contributed by atoms with Crippen LogP contribution in [0.3, 0.4) is 0 Å². The van der Waals surface area contributed by atoms with Gasteiger partial charge in [-0.2, -0.15) is 13.2 Å². The predicted molar refractivity (Wildman–Crippen MR) is 181 cm³/mol. The van der Waals surface area contributed by atoms with E-state index in [2.05, 4.69) is 45.7 Å². The van der Waals surface area contributed by atoms with E-state index >= 15 is 0 Å². The second kappa shape index (κ2) is 15.0. The van der Waals surface area contributed by atoms with E-state index in [0.29, 0.717) is 39.0 Å². The maximum atomic E-state index is 13.3. The molecule has 11 nitrogen and oxygen atoms in total. The number of amides is 2. The van der Waals surface area contributed by atoms with Crippen LogP contribution in [0.4, 0.5) is 29.1 Å². The first-order valence-electron chi connectivity index (χ1n) is 15.5. The summed E-state index contributed by atoms with van der Waals surface area (Å²) in [5.41, 5.74) is 9.67. The van der Waals surface area contributed by atoms with Crippen molar-refractivity contribution in [2.24, 2.45) is 7.05 Å². The number of piperidine rings is 1. The minimum absolute atomic E-state index is 0.0318. The zero-order valence-corrected chi connectivity index (χ0v) is 27.6. The number of hydrogen-bond donors (Lipinski definition) is 3. The van der Waals surface area contributed by atoms with Crippen LogP contribution in [0.1, 0.15) is 28.8 Å². The number of nitrogens with one attached hydrogen (secondary N) is 2. The number of ether oxygens (including phenoxy) is 2. The number of fused-ring (bicyclic) bond motifs is 1. The average molecular weight is 694 g/mol. The molecule has 4 aromatic rings. The van der Waals surface area contributed by atoms with Crippen LogP contribution in [0.2, 0.25) is 0 Å². The van der Waals surface area contributed by atoms with Crippen molar-refractivity contribution in [2.45, 2.75) is 25.1 Å². The van der Waals surface area contributed by atoms with Crippen molar-refractivity contribution in [3.05, 3.63) is 66.3 Å². The number of nitrogens with zero attached hydrogens (tertiary/aromatic N) is 4. The van der Waals surface area contributed by atoms with Crippen molar-refractivity contribution in [1.82, 2.24) is 24.8 Å². The van der Waals surface area contributed by atoms with Crippen molar-refractivity contribution < 1.29 is 36.6 Å². The summed E-state index contributed by atoms with van der Waals surface area (Å²) < 4.78 is 65.0. The van der Waals surface area contributed by atoms with Gasteiger partial charge in [-0.1, -0.05) is 30.6 Å². The summed E-state index contributed by atoms with van der Waals surface area (Å²) in [6.07, 6.45) is 0.0166. The second-order valence-electron chi connectivity index (χ2n) is 11.7. The number of aromatic nitrogens is 3. The Kier molecular flexibility index (Phi) is 10.7. The third-order valence-electron chi connectivity index (χ3n) is 8.22. The van der Waals surface area contributed by atoms with Crippen LogP contribution < -0.4 is 21.1 Å². The molecule has 5 rings (SSSR count). The van der Waals surface area contributed by atoms with Gasteiger partial charge in [-0.05, 0) is 37.6 Å². The first kappa shape index (κ1) is 35.8. The molecule has 1 saturated heterocycles. The molecular formula is C35H35F4N7O4. The molecule has 0 bridgehead atoms. The van der Waals surface area contributed by atoms with Gasteiger partial charge in [-0.3, -0.25) is 14.6 Å². The van der Waals surface area contributed by atoms with Gasteiger partial charge < -0.3 is 35.3 Å². The topological polar surface area (TPSA) is 137 Å². The highest BCUT2D eigenvalue weighted by Crippen LogP contribution is 2.43. The molecule has 1 fully saturated rings. The molecule has 50 heavy (non-hydrogen) atoms. The maximum absolute atomic E-state index is 13.3. The molecule has 1 aromatic carbocycles. The Morgan fingerprint density at radius 1 is 1.12 bits per heavy atom. The van der Waals surface area contributed by atoms with Gasteiger partial charge in [0, 0.05) is 49.8 Å². The number of aryl methyl sites for hydroxylation is 1. The number of nitrogens with two attached hydrogens (primary N) is 1. The monoisotopic (exact) mass is 693 g/mol. The number of methoxy groups -OCH3 is 1. The minimum atomic E-state index is -4.61. The van der Waals surface area contributed by atoms with E-state index in [4.69, 9.17) is 15.2 Å². The molecule has 1 aliphatic rings. The largest absolute Gasteiger partial charge is 0.496 e. The smallest absolute Gasteiger partial charge is 0.405 e. The number of carbonyl (C=O) groups is 2. The van der Waals surface area contributed by atoms with Crippen LogP contribution in [0, 0.1) is 11.8 Å². The summed E-state index contributed by atoms with van der Waals surface area (Å²) in [5, 5.41) is 4.71. The highest BCUT2D eigenvalue weighted by molar-refractivity contribution is 6.11. The number of alkyl halides is 3. The van der Waals surface area contributed by atoms with Gasteiger partial charge in [0.05, 0.1) is 46.6 Å². The average Bonchev–Trinajstić information content (AvgIpc) is 3.40. The third kappa shape index (κ3) is 8.04. The summed E-state index contributed by atoms with van der Waals surface area (Å²) >= 11 is 0. The van der Waals surface area contributed by atoms with Gasteiger partial charge in [0.25, 0.3) is 11.8 Å². The van der Waals surface area contributed by atoms with Crippen LogP contribution in [0.5, 0.6) is 5.75 Å². The first-order chi connectivity index (χ1) is 23.8. The van der Waals surface area contributed by atoms with Crippen LogP contribution >= 0.6 is 0 Å². The Morgan fingerprint density at radius 3 is 2.46 bits per heavy atom. The Bertz CT molecular complexity index is 1990. The van der Waals surface area contributed by atoms with Gasteiger partial charge >= 0.3 is 6.18 Å². The zero-order valence-electron chi connectivity index (χ0n) is 27.6. The summed E-state index contributed by atoms with van der Waals surface area (Å²) in [6.45, 7) is 3.58. The third-order valence-corrected chi connectivity index (χ3v) is 8.22. The minimum Gasteiger partial charge on any atom is -0.496 e. The number of benzene rings is 1. The van der Waals surface area contributed by atoms with E-state index in [1.807, 2.05) is 9.88 Å². The molecule has 0 unspecified atom stereocenters. The molecule has 0 aliphatic carbocycles. The fourth-order valence-corrected chi connectivity index (χ4v) is 5.73. The number of anilines is 2. The Morgan fingerprint density at radius 2 is 1.82 bits per heavy atom. The summed E-state index contributed by atoms with van der Waals surface area (Å²) in [4.78, 5) is 35.6. The van der Waals surface area contributed by atoms with Crippen molar-refractivity contribution in [3.63, 3.8) is 0 Å². The maximum Gasteiger partial charge on any atom is 0.405 e. The first-order valence-corrected chi connectivity index (χ1v) is 15.5. The van der Waals surface area contributed by atoms with Gasteiger partial charge in [0.2, 0.25) is 0 Å². The van der Waals surface area contributed by atoms with Gasteiger partial charge in [-0.15, -0.1) is 0 Å². The highest BCUT2D eigenvalue weighted by atomic mass is 19.4. The number of hydrogen-bond acceptors (Lipinski definition) is 8. The summed E-state index contributed by atoms with van der Waals surface area (Å²) in [6, 6.07) is 7.95. The quantitative estimate of drug-likeness (QED) is 0.126. The molecule has 0 spiro atoms. The molecule has 1 aliphatic heterocycles. The number of nitrogen functional groups attached to an aromatic ring is 1. The van der Waals surface area contributed by atoms with Crippen LogP contribution in [-0.2, 0) is 16.6 Å². The molecule has 15 heteroatoms. The van der Waals surface area contributed by atoms with Gasteiger partial charge in [-0.25, -0.2) is 9.37 Å². The fraction of sp³-hybridized carbons (Fsp3) is 0.314. The van der Waals surface area contributed by atoms with Crippen molar-refractivity contribution >= 4 is 34.2 Å². The standard InChI is InChI=1S/C35H35F4N7O4/c1-20(36)33(47)44-23-9-7-21(8-10-23)30-28(26-16-27(49-4)25(18-41-26)34(48)43-19-35(37,38)39)29-31(46(30)3)22(17-42-32(29)40)6-5-15-50-24-11-13-45(2)14-12-24/h7-10,16-18,24H,1,11-15,19H2,2-4H3,(H2,40,42)(H,43,48)(H,44,47). The Balaban J connectivity index is 1.61. The van der Waals surface area contributed by atoms with Gasteiger partial charge in [0.1, 0.15) is 24.7 Å². The highest BCUT2D eigenvalue weighted by Gasteiger charge is 2.29. The van der Waals surface area contributed by atoms with Crippen LogP contribution in [-0.4, -0.2) is 83.9 Å². The number of carbonyl (C=O) groups excluding carboxylic acids is 2. The summed E-state index contributed by atoms with van der Waals surface area (Å²) in [5.74, 6) is 3.20. The number of rotatable bonds is 9. The second-order valence-corrected chi connectivity index (χ2v) is 11.7. The normalized spacial score (nSPS) is 13.8. The van der Waals surface area contributed by atoms with E-state index in [0.717, 1.165) is 32.1 Å². The number of halogens is 4. The zero-order chi connectivity index (χ0) is 36.2. The molecule has 4 heterocycles. The lowest BCUT2D eigenvalue weighted by Crippen LogP contribution is -2.34. The lowest BCUT2D eigenvalue weighted by molar-refractivity contribution is -0.123. The molecule has 4 N–H and O–H groups in total. The van der Waals surface area contributed by atoms with E-state index in [9.17, 15) is 27.2 Å². The Hall–Kier alpha value is -5.46. The SMILES string of the molecule is C=C(F)C(=O)Nc1ccc(-c2c(-c3cc(OC)c(C(=O)NCC(F)(F)F)cn3)c3c(N)ncc(C#CCOC4CCN(C)CC4)c3n2C)cc1. The summed E-state index contributed by atoms with van der Waals surface area (Å²) in [7, 11) is 5.14. The fourth-order valence-electron chi connectivity index (χ4n) is 5.73. The molecule has 0 saturated carbocycles. The van der Waals surface area contributed by atoms with Crippen molar-refractivity contribution in [3.8, 4) is 40.1 Å². The number of pyridine rings is 2. The van der Waals surface area contributed by atoms with E-state index < -0.39 is 30.4 Å². The predicted octanol–water partition coefficient (Wildman–Crippen LogP) is 5.07.